The smallest absolute Gasteiger partial charge is 0.861 e. The Morgan fingerprint density at radius 1 is 1.14 bits per heavy atom. The zero-order chi connectivity index (χ0) is 4.50. The summed E-state index contributed by atoms with van der Waals surface area (Å²) < 4.78 is 0. The van der Waals surface area contributed by atoms with Gasteiger partial charge in [0.05, 0.1) is 0 Å². The van der Waals surface area contributed by atoms with Gasteiger partial charge in [-0.1, -0.05) is 0 Å². The Morgan fingerprint density at radius 3 is 1.14 bits per heavy atom. The summed E-state index contributed by atoms with van der Waals surface area (Å²) >= 11 is 0. The van der Waals surface area contributed by atoms with Gasteiger partial charge in [0.25, 0.3) is 0 Å². The summed E-state index contributed by atoms with van der Waals surface area (Å²) in [5, 5.41) is 0. The van der Waals surface area contributed by atoms with Crippen LogP contribution in [0.3, 0.4) is 0 Å². The van der Waals surface area contributed by atoms with E-state index in [0.29, 0.717) is 0 Å². The molecular formula is HKO4SiZn. The monoisotopic (exact) mass is 196 g/mol. The molecule has 0 aromatic heterocycles. The van der Waals surface area contributed by atoms with Crippen LogP contribution in [-0.4, -0.2) is 13.8 Å². The summed E-state index contributed by atoms with van der Waals surface area (Å²) in [5.74, 6) is 0. The van der Waals surface area contributed by atoms with Crippen molar-refractivity contribution >= 4 is 9.05 Å². The molecule has 0 radical (unpaired) electrons. The normalized spacial score (nSPS) is 8.57. The molecule has 0 unspecified atom stereocenters. The minimum absolute atomic E-state index is 0. The molecule has 4 nitrogen and oxygen atoms in total. The molecule has 0 saturated carbocycles. The largest absolute Gasteiger partial charge is 2.00 e. The maximum absolute atomic E-state index is 8.69. The minimum atomic E-state index is -5.36. The molecule has 7 heavy (non-hydrogen) atoms. The summed E-state index contributed by atoms with van der Waals surface area (Å²) in [7, 11) is -5.36. The van der Waals surface area contributed by atoms with Gasteiger partial charge >= 0.3 is 70.9 Å². The standard InChI is InChI=1S/K.HO4Si.Zn/c;1-5(2,3)4;/h;1H;/q+1;-3;+2. The van der Waals surface area contributed by atoms with Crippen molar-refractivity contribution < 1.29 is 90.0 Å². The maximum Gasteiger partial charge on any atom is 2.00 e. The Bertz CT molecular complexity index is 27.2. The summed E-state index contributed by atoms with van der Waals surface area (Å²) in [6.45, 7) is 0. The van der Waals surface area contributed by atoms with Gasteiger partial charge in [-0.2, -0.15) is 0 Å². The second-order valence-electron chi connectivity index (χ2n) is 0.524. The van der Waals surface area contributed by atoms with Gasteiger partial charge in [0, 0.05) is 0 Å². The molecule has 0 heterocycles. The van der Waals surface area contributed by atoms with Gasteiger partial charge in [0.2, 0.25) is 0 Å². The van der Waals surface area contributed by atoms with E-state index in [-0.39, 0.29) is 70.9 Å². The van der Waals surface area contributed by atoms with Crippen molar-refractivity contribution in [1.82, 2.24) is 0 Å². The van der Waals surface area contributed by atoms with E-state index in [1.165, 1.54) is 0 Å². The third kappa shape index (κ3) is 61.8. The van der Waals surface area contributed by atoms with Gasteiger partial charge < -0.3 is 19.2 Å². The van der Waals surface area contributed by atoms with Crippen molar-refractivity contribution in [3.05, 3.63) is 0 Å². The van der Waals surface area contributed by atoms with E-state index >= 15 is 0 Å². The Morgan fingerprint density at radius 2 is 1.14 bits per heavy atom. The van der Waals surface area contributed by atoms with E-state index in [1.807, 2.05) is 0 Å². The molecule has 32 valence electrons. The molecule has 0 aromatic carbocycles. The zero-order valence-electron chi connectivity index (χ0n) is 3.88. The predicted molar refractivity (Wildman–Crippen MR) is 7.97 cm³/mol. The Kier molecular flexibility index (Phi) is 14.9. The van der Waals surface area contributed by atoms with E-state index in [1.54, 1.807) is 0 Å². The van der Waals surface area contributed by atoms with Crippen LogP contribution in [0.15, 0.2) is 0 Å². The molecule has 0 fully saturated rings. The van der Waals surface area contributed by atoms with Crippen molar-refractivity contribution in [1.29, 1.82) is 0 Å². The van der Waals surface area contributed by atoms with Crippen LogP contribution in [0.1, 0.15) is 0 Å². The zero-order valence-corrected chi connectivity index (χ0v) is 11.0. The molecule has 0 aliphatic carbocycles. The van der Waals surface area contributed by atoms with Gasteiger partial charge in [-0.3, -0.25) is 0 Å². The first-order chi connectivity index (χ1) is 2.00. The SMILES string of the molecule is [K+].[O-][Si]([O-])([O-])O.[Zn+2]. The Hall–Kier alpha value is 2.32. The molecule has 0 rings (SSSR count). The van der Waals surface area contributed by atoms with Crippen LogP contribution in [0.25, 0.3) is 0 Å². The first-order valence-corrected chi connectivity index (χ1v) is 2.51. The minimum Gasteiger partial charge on any atom is -0.861 e. The summed E-state index contributed by atoms with van der Waals surface area (Å²) in [5.41, 5.74) is 0. The van der Waals surface area contributed by atoms with E-state index in [4.69, 9.17) is 19.2 Å². The predicted octanol–water partition coefficient (Wildman–Crippen LogP) is -7.50. The molecule has 0 aliphatic heterocycles. The van der Waals surface area contributed by atoms with Crippen LogP contribution in [0.4, 0.5) is 0 Å². The molecule has 0 aromatic rings. The van der Waals surface area contributed by atoms with Crippen LogP contribution >= 0.6 is 0 Å². The third-order valence-corrected chi connectivity index (χ3v) is 0. The van der Waals surface area contributed by atoms with Crippen LogP contribution in [-0.2, 0) is 19.5 Å². The fourth-order valence-electron chi connectivity index (χ4n) is 0. The van der Waals surface area contributed by atoms with Gasteiger partial charge in [0.1, 0.15) is 0 Å². The first kappa shape index (κ1) is 16.2. The quantitative estimate of drug-likeness (QED) is 0.391. The average Bonchev–Trinajstić information content (AvgIpc) is 0.722. The second kappa shape index (κ2) is 6.44. The number of hydrogen-bond donors (Lipinski definition) is 1. The molecule has 7 heteroatoms. The van der Waals surface area contributed by atoms with Crippen molar-refractivity contribution in [3.8, 4) is 0 Å². The molecule has 0 bridgehead atoms. The Labute approximate surface area is 97.2 Å². The molecule has 0 atom stereocenters. The molecular weight excluding hydrogens is 197 g/mol. The van der Waals surface area contributed by atoms with E-state index < -0.39 is 9.05 Å². The van der Waals surface area contributed by atoms with E-state index in [2.05, 4.69) is 0 Å². The number of rotatable bonds is 0. The molecule has 0 amide bonds. The van der Waals surface area contributed by atoms with Crippen LogP contribution in [0.2, 0.25) is 0 Å². The van der Waals surface area contributed by atoms with Crippen molar-refractivity contribution in [3.63, 3.8) is 0 Å². The van der Waals surface area contributed by atoms with Gasteiger partial charge in [-0.15, -0.1) is 9.05 Å². The van der Waals surface area contributed by atoms with E-state index in [0.717, 1.165) is 0 Å². The third-order valence-electron chi connectivity index (χ3n) is 0. The molecule has 0 spiro atoms. The van der Waals surface area contributed by atoms with Gasteiger partial charge in [0.15, 0.2) is 0 Å². The van der Waals surface area contributed by atoms with E-state index in [9.17, 15) is 0 Å². The summed E-state index contributed by atoms with van der Waals surface area (Å²) in [6.07, 6.45) is 0. The summed E-state index contributed by atoms with van der Waals surface area (Å²) in [4.78, 5) is 33.1. The average molecular weight is 198 g/mol. The Balaban J connectivity index is -0.0000000800. The van der Waals surface area contributed by atoms with Crippen LogP contribution < -0.4 is 65.8 Å². The topological polar surface area (TPSA) is 89.4 Å². The fourth-order valence-corrected chi connectivity index (χ4v) is 0. The van der Waals surface area contributed by atoms with Gasteiger partial charge in [-0.05, 0) is 0 Å². The van der Waals surface area contributed by atoms with Crippen molar-refractivity contribution in [2.24, 2.45) is 0 Å². The number of hydrogen-bond acceptors (Lipinski definition) is 4. The first-order valence-electron chi connectivity index (χ1n) is 0.836. The molecule has 0 saturated heterocycles. The van der Waals surface area contributed by atoms with Crippen LogP contribution in [0, 0.1) is 0 Å². The fraction of sp³-hybridized carbons (Fsp3) is 0. The van der Waals surface area contributed by atoms with Crippen molar-refractivity contribution in [2.45, 2.75) is 0 Å². The van der Waals surface area contributed by atoms with Gasteiger partial charge in [-0.25, -0.2) is 0 Å². The second-order valence-corrected chi connectivity index (χ2v) is 1.57. The van der Waals surface area contributed by atoms with Crippen LogP contribution in [0.5, 0.6) is 0 Å². The molecule has 1 N–H and O–H groups in total. The maximum atomic E-state index is 8.69. The summed E-state index contributed by atoms with van der Waals surface area (Å²) in [6, 6.07) is 0. The van der Waals surface area contributed by atoms with Crippen molar-refractivity contribution in [2.75, 3.05) is 0 Å². The molecule has 0 aliphatic rings.